The number of carbonyl (C=O) groups excluding carboxylic acids is 1. The summed E-state index contributed by atoms with van der Waals surface area (Å²) in [5.74, 6) is 0.838. The quantitative estimate of drug-likeness (QED) is 0.176. The van der Waals surface area contributed by atoms with Crippen molar-refractivity contribution in [3.8, 4) is 11.5 Å². The van der Waals surface area contributed by atoms with Gasteiger partial charge in [0.15, 0.2) is 0 Å². The molecule has 7 nitrogen and oxygen atoms in total. The maximum absolute atomic E-state index is 12.7. The Morgan fingerprint density at radius 3 is 2.31 bits per heavy atom. The Kier molecular flexibility index (Phi) is 7.41. The highest BCUT2D eigenvalue weighted by Gasteiger charge is 2.10. The summed E-state index contributed by atoms with van der Waals surface area (Å²) >= 11 is 0. The van der Waals surface area contributed by atoms with Crippen LogP contribution in [0.4, 0.5) is 5.69 Å². The lowest BCUT2D eigenvalue weighted by atomic mass is 10.0. The van der Waals surface area contributed by atoms with Gasteiger partial charge >= 0.3 is 0 Å². The SMILES string of the molecule is COc1cc(/C=C/c2ccc(NC(=O)c3ccc4ccccc4c3)cc2)c(/C=C/[N+](=O)[O-])c(OC)c1. The molecule has 1 N–H and O–H groups in total. The summed E-state index contributed by atoms with van der Waals surface area (Å²) in [5, 5.41) is 15.9. The van der Waals surface area contributed by atoms with Crippen molar-refractivity contribution in [3.63, 3.8) is 0 Å². The van der Waals surface area contributed by atoms with Crippen molar-refractivity contribution in [2.24, 2.45) is 0 Å². The Morgan fingerprint density at radius 2 is 1.61 bits per heavy atom. The zero-order valence-corrected chi connectivity index (χ0v) is 19.8. The predicted octanol–water partition coefficient (Wildman–Crippen LogP) is 6.53. The van der Waals surface area contributed by atoms with E-state index >= 15 is 0 Å². The zero-order valence-electron chi connectivity index (χ0n) is 19.8. The van der Waals surface area contributed by atoms with Gasteiger partial charge in [0.1, 0.15) is 11.5 Å². The first kappa shape index (κ1) is 24.2. The fourth-order valence-electron chi connectivity index (χ4n) is 3.76. The van der Waals surface area contributed by atoms with Crippen LogP contribution >= 0.6 is 0 Å². The van der Waals surface area contributed by atoms with Crippen LogP contribution < -0.4 is 14.8 Å². The highest BCUT2D eigenvalue weighted by molar-refractivity contribution is 6.06. The number of benzene rings is 4. The molecule has 0 heterocycles. The van der Waals surface area contributed by atoms with Gasteiger partial charge in [-0.2, -0.15) is 0 Å². The standard InChI is InChI=1S/C29H24N2O5/c1-35-26-18-23(27(15-16-31(33)34)28(19-26)36-2)10-7-20-8-13-25(14-9-20)30-29(32)24-12-11-21-5-3-4-6-22(21)17-24/h3-19H,1-2H3,(H,30,32)/b10-7+,16-15+. The number of carbonyl (C=O) groups is 1. The summed E-state index contributed by atoms with van der Waals surface area (Å²) in [6.45, 7) is 0. The Hall–Kier alpha value is -4.91. The predicted molar refractivity (Wildman–Crippen MR) is 143 cm³/mol. The van der Waals surface area contributed by atoms with Crippen molar-refractivity contribution in [3.05, 3.63) is 117 Å². The van der Waals surface area contributed by atoms with E-state index in [1.165, 1.54) is 13.2 Å². The summed E-state index contributed by atoms with van der Waals surface area (Å²) in [7, 11) is 3.04. The van der Waals surface area contributed by atoms with Gasteiger partial charge in [-0.05, 0) is 52.2 Å². The summed E-state index contributed by atoms with van der Waals surface area (Å²) in [5.41, 5.74) is 3.39. The van der Waals surface area contributed by atoms with E-state index in [9.17, 15) is 14.9 Å². The smallest absolute Gasteiger partial charge is 0.255 e. The number of nitrogens with one attached hydrogen (secondary N) is 1. The van der Waals surface area contributed by atoms with Crippen LogP contribution in [0.5, 0.6) is 11.5 Å². The average Bonchev–Trinajstić information content (AvgIpc) is 2.90. The molecule has 36 heavy (non-hydrogen) atoms. The highest BCUT2D eigenvalue weighted by Crippen LogP contribution is 2.31. The molecule has 180 valence electrons. The van der Waals surface area contributed by atoms with Gasteiger partial charge in [0.05, 0.1) is 19.1 Å². The normalized spacial score (nSPS) is 11.2. The summed E-state index contributed by atoms with van der Waals surface area (Å²) < 4.78 is 10.7. The molecule has 0 aliphatic heterocycles. The number of methoxy groups -OCH3 is 2. The molecule has 0 aliphatic carbocycles. The van der Waals surface area contributed by atoms with E-state index in [1.54, 1.807) is 19.2 Å². The second-order valence-corrected chi connectivity index (χ2v) is 7.91. The van der Waals surface area contributed by atoms with E-state index in [0.717, 1.165) is 22.5 Å². The summed E-state index contributed by atoms with van der Waals surface area (Å²) in [4.78, 5) is 23.0. The molecule has 0 saturated carbocycles. The molecule has 0 radical (unpaired) electrons. The first-order valence-electron chi connectivity index (χ1n) is 11.1. The summed E-state index contributed by atoms with van der Waals surface area (Å²) in [6.07, 6.45) is 5.96. The molecule has 0 saturated heterocycles. The van der Waals surface area contributed by atoms with Gasteiger partial charge in [0.2, 0.25) is 6.20 Å². The van der Waals surface area contributed by atoms with Crippen LogP contribution in [0.25, 0.3) is 29.0 Å². The number of anilines is 1. The van der Waals surface area contributed by atoms with Crippen LogP contribution in [-0.4, -0.2) is 25.1 Å². The third kappa shape index (κ3) is 5.77. The maximum atomic E-state index is 12.7. The van der Waals surface area contributed by atoms with Crippen molar-refractivity contribution in [1.29, 1.82) is 0 Å². The van der Waals surface area contributed by atoms with Crippen LogP contribution in [0.2, 0.25) is 0 Å². The van der Waals surface area contributed by atoms with Gasteiger partial charge in [0, 0.05) is 29.0 Å². The van der Waals surface area contributed by atoms with Gasteiger partial charge in [-0.1, -0.05) is 54.6 Å². The molecule has 0 bridgehead atoms. The minimum Gasteiger partial charge on any atom is -0.497 e. The lowest BCUT2D eigenvalue weighted by Crippen LogP contribution is -2.11. The third-order valence-electron chi connectivity index (χ3n) is 5.60. The average molecular weight is 481 g/mol. The maximum Gasteiger partial charge on any atom is 0.255 e. The highest BCUT2D eigenvalue weighted by atomic mass is 16.6. The number of hydrogen-bond acceptors (Lipinski definition) is 5. The van der Waals surface area contributed by atoms with E-state index in [1.807, 2.05) is 78.9 Å². The first-order valence-corrected chi connectivity index (χ1v) is 11.1. The van der Waals surface area contributed by atoms with E-state index < -0.39 is 4.92 Å². The fraction of sp³-hybridized carbons (Fsp3) is 0.0690. The van der Waals surface area contributed by atoms with Crippen LogP contribution in [0, 0.1) is 10.1 Å². The molecule has 0 atom stereocenters. The molecular weight excluding hydrogens is 456 g/mol. The lowest BCUT2D eigenvalue weighted by Gasteiger charge is -2.11. The van der Waals surface area contributed by atoms with Crippen molar-refractivity contribution in [2.75, 3.05) is 19.5 Å². The van der Waals surface area contributed by atoms with Gasteiger partial charge in [-0.15, -0.1) is 0 Å². The number of ether oxygens (including phenoxy) is 2. The van der Waals surface area contributed by atoms with Gasteiger partial charge in [-0.25, -0.2) is 0 Å². The minimum absolute atomic E-state index is 0.185. The Balaban J connectivity index is 1.53. The minimum atomic E-state index is -0.526. The van der Waals surface area contributed by atoms with E-state index in [-0.39, 0.29) is 5.91 Å². The number of hydrogen-bond donors (Lipinski definition) is 1. The van der Waals surface area contributed by atoms with E-state index in [0.29, 0.717) is 33.9 Å². The van der Waals surface area contributed by atoms with Crippen LogP contribution in [0.3, 0.4) is 0 Å². The monoisotopic (exact) mass is 480 g/mol. The molecule has 4 aromatic rings. The number of nitro groups is 1. The van der Waals surface area contributed by atoms with Crippen molar-refractivity contribution < 1.29 is 19.2 Å². The van der Waals surface area contributed by atoms with Crippen LogP contribution in [0.1, 0.15) is 27.0 Å². The number of amides is 1. The van der Waals surface area contributed by atoms with Gasteiger partial charge in [-0.3, -0.25) is 14.9 Å². The molecule has 0 unspecified atom stereocenters. The first-order chi connectivity index (χ1) is 17.5. The lowest BCUT2D eigenvalue weighted by molar-refractivity contribution is -0.400. The zero-order chi connectivity index (χ0) is 25.5. The third-order valence-corrected chi connectivity index (χ3v) is 5.60. The van der Waals surface area contributed by atoms with Crippen molar-refractivity contribution in [2.45, 2.75) is 0 Å². The second kappa shape index (κ2) is 11.0. The molecule has 0 fully saturated rings. The molecule has 4 aromatic carbocycles. The van der Waals surface area contributed by atoms with Crippen molar-refractivity contribution >= 4 is 40.6 Å². The van der Waals surface area contributed by atoms with E-state index in [4.69, 9.17) is 9.47 Å². The largest absolute Gasteiger partial charge is 0.497 e. The molecule has 0 spiro atoms. The second-order valence-electron chi connectivity index (χ2n) is 7.91. The molecule has 0 aromatic heterocycles. The Bertz CT molecular complexity index is 1470. The van der Waals surface area contributed by atoms with Crippen molar-refractivity contribution in [1.82, 2.24) is 0 Å². The molecular formula is C29H24N2O5. The van der Waals surface area contributed by atoms with Crippen LogP contribution in [0.15, 0.2) is 85.1 Å². The fourth-order valence-corrected chi connectivity index (χ4v) is 3.76. The molecule has 7 heteroatoms. The van der Waals surface area contributed by atoms with Gasteiger partial charge in [0.25, 0.3) is 5.91 Å². The molecule has 1 amide bonds. The van der Waals surface area contributed by atoms with E-state index in [2.05, 4.69) is 5.32 Å². The summed E-state index contributed by atoms with van der Waals surface area (Å²) in [6, 6.07) is 24.3. The number of nitrogens with zero attached hydrogens (tertiary/aromatic N) is 1. The molecule has 4 rings (SSSR count). The van der Waals surface area contributed by atoms with Crippen LogP contribution in [-0.2, 0) is 0 Å². The topological polar surface area (TPSA) is 90.7 Å². The van der Waals surface area contributed by atoms with Gasteiger partial charge < -0.3 is 14.8 Å². The Labute approximate surface area is 208 Å². The number of rotatable bonds is 8. The Morgan fingerprint density at radius 1 is 0.861 bits per heavy atom. The number of fused-ring (bicyclic) bond motifs is 1. The molecule has 0 aliphatic rings.